The van der Waals surface area contributed by atoms with Gasteiger partial charge in [-0.2, -0.15) is 5.10 Å². The molecule has 0 atom stereocenters. The zero-order valence-corrected chi connectivity index (χ0v) is 13.8. The molecule has 7 heteroatoms. The van der Waals surface area contributed by atoms with Crippen LogP contribution in [0.5, 0.6) is 0 Å². The molecule has 1 aromatic heterocycles. The molecule has 0 spiro atoms. The molecule has 0 radical (unpaired) electrons. The lowest BCUT2D eigenvalue weighted by atomic mass is 9.92. The highest BCUT2D eigenvalue weighted by atomic mass is 79.9. The van der Waals surface area contributed by atoms with Crippen molar-refractivity contribution in [1.29, 1.82) is 0 Å². The molecule has 0 bridgehead atoms. The number of hydrogen-bond donors (Lipinski definition) is 2. The number of halogens is 1. The molecule has 0 unspecified atom stereocenters. The van der Waals surface area contributed by atoms with E-state index in [4.69, 9.17) is 0 Å². The predicted molar refractivity (Wildman–Crippen MR) is 82.2 cm³/mol. The molecule has 0 amide bonds. The summed E-state index contributed by atoms with van der Waals surface area (Å²) in [6.45, 7) is 6.06. The van der Waals surface area contributed by atoms with Gasteiger partial charge in [-0.25, -0.2) is 8.42 Å². The summed E-state index contributed by atoms with van der Waals surface area (Å²) in [5, 5.41) is 6.84. The van der Waals surface area contributed by atoms with Crippen molar-refractivity contribution in [2.24, 2.45) is 0 Å². The quantitative estimate of drug-likeness (QED) is 0.884. The summed E-state index contributed by atoms with van der Waals surface area (Å²) in [6, 6.07) is 8.34. The third-order valence-electron chi connectivity index (χ3n) is 2.75. The Morgan fingerprint density at radius 3 is 2.45 bits per heavy atom. The maximum absolute atomic E-state index is 12.3. The van der Waals surface area contributed by atoms with Crippen molar-refractivity contribution < 1.29 is 8.42 Å². The number of nitrogens with one attached hydrogen (secondary N) is 2. The van der Waals surface area contributed by atoms with Gasteiger partial charge >= 0.3 is 0 Å². The fraction of sp³-hybridized carbons (Fsp3) is 0.308. The Balaban J connectivity index is 2.30. The Morgan fingerprint density at radius 1 is 1.25 bits per heavy atom. The molecule has 2 N–H and O–H groups in total. The largest absolute Gasteiger partial charge is 0.280 e. The molecular formula is C13H16BrN3O2S. The number of anilines is 1. The molecule has 1 aromatic carbocycles. The Labute approximate surface area is 127 Å². The first kappa shape index (κ1) is 15.1. The van der Waals surface area contributed by atoms with Crippen molar-refractivity contribution in [3.8, 4) is 0 Å². The van der Waals surface area contributed by atoms with Gasteiger partial charge in [-0.3, -0.25) is 9.82 Å². The maximum atomic E-state index is 12.3. The molecule has 20 heavy (non-hydrogen) atoms. The van der Waals surface area contributed by atoms with Crippen LogP contribution in [0.4, 0.5) is 5.82 Å². The van der Waals surface area contributed by atoms with Crippen molar-refractivity contribution in [3.05, 3.63) is 40.5 Å². The van der Waals surface area contributed by atoms with Gasteiger partial charge in [-0.05, 0) is 28.1 Å². The standard InChI is InChI=1S/C13H16BrN3O2S/c1-13(2,3)11-8-12(16-15-11)17-20(18,19)10-7-5-4-6-9(10)14/h4-8H,1-3H3,(H2,15,16,17). The van der Waals surface area contributed by atoms with E-state index in [1.54, 1.807) is 24.3 Å². The number of rotatable bonds is 3. The van der Waals surface area contributed by atoms with Crippen LogP contribution in [0.2, 0.25) is 0 Å². The first-order valence-electron chi connectivity index (χ1n) is 6.03. The normalized spacial score (nSPS) is 12.4. The van der Waals surface area contributed by atoms with Gasteiger partial charge < -0.3 is 0 Å². The lowest BCUT2D eigenvalue weighted by Crippen LogP contribution is -2.14. The van der Waals surface area contributed by atoms with Crippen LogP contribution in [0, 0.1) is 0 Å². The van der Waals surface area contributed by atoms with E-state index in [0.29, 0.717) is 4.47 Å². The Kier molecular flexibility index (Phi) is 3.93. The number of H-pyrrole nitrogens is 1. The van der Waals surface area contributed by atoms with Gasteiger partial charge in [0.25, 0.3) is 10.0 Å². The molecule has 0 aliphatic carbocycles. The Morgan fingerprint density at radius 2 is 1.90 bits per heavy atom. The number of aromatic amines is 1. The molecule has 0 saturated carbocycles. The minimum absolute atomic E-state index is 0.121. The van der Waals surface area contributed by atoms with Crippen molar-refractivity contribution >= 4 is 31.8 Å². The predicted octanol–water partition coefficient (Wildman–Crippen LogP) is 3.27. The molecule has 2 aromatic rings. The summed E-state index contributed by atoms with van der Waals surface area (Å²) in [5.41, 5.74) is 0.742. The van der Waals surface area contributed by atoms with Crippen LogP contribution in [0.1, 0.15) is 26.5 Å². The number of hydrogen-bond acceptors (Lipinski definition) is 3. The topological polar surface area (TPSA) is 74.8 Å². The first-order chi connectivity index (χ1) is 9.20. The van der Waals surface area contributed by atoms with E-state index in [1.165, 1.54) is 6.07 Å². The summed E-state index contributed by atoms with van der Waals surface area (Å²) in [4.78, 5) is 0.181. The number of aromatic nitrogens is 2. The number of nitrogens with zero attached hydrogens (tertiary/aromatic N) is 1. The zero-order valence-electron chi connectivity index (χ0n) is 11.4. The highest BCUT2D eigenvalue weighted by Crippen LogP contribution is 2.25. The van der Waals surface area contributed by atoms with E-state index in [2.05, 4.69) is 30.8 Å². The van der Waals surface area contributed by atoms with E-state index in [1.807, 2.05) is 20.8 Å². The van der Waals surface area contributed by atoms with Crippen molar-refractivity contribution in [2.75, 3.05) is 4.72 Å². The van der Waals surface area contributed by atoms with E-state index >= 15 is 0 Å². The molecule has 0 aliphatic rings. The zero-order chi connectivity index (χ0) is 15.0. The average Bonchev–Trinajstić information content (AvgIpc) is 2.76. The lowest BCUT2D eigenvalue weighted by Gasteiger charge is -2.14. The molecule has 1 heterocycles. The second-order valence-corrected chi connectivity index (χ2v) is 7.96. The van der Waals surface area contributed by atoms with Gasteiger partial charge in [0, 0.05) is 21.6 Å². The summed E-state index contributed by atoms with van der Waals surface area (Å²) >= 11 is 3.24. The second kappa shape index (κ2) is 5.21. The fourth-order valence-electron chi connectivity index (χ4n) is 1.61. The van der Waals surface area contributed by atoms with Crippen LogP contribution in [-0.4, -0.2) is 18.6 Å². The third kappa shape index (κ3) is 3.21. The third-order valence-corrected chi connectivity index (χ3v) is 5.12. The van der Waals surface area contributed by atoms with E-state index in [9.17, 15) is 8.42 Å². The molecule has 0 fully saturated rings. The highest BCUT2D eigenvalue weighted by molar-refractivity contribution is 9.10. The van der Waals surface area contributed by atoms with Gasteiger partial charge in [0.05, 0.1) is 0 Å². The van der Waals surface area contributed by atoms with Crippen LogP contribution in [0.15, 0.2) is 39.7 Å². The lowest BCUT2D eigenvalue weighted by molar-refractivity contribution is 0.567. The minimum atomic E-state index is -3.66. The van der Waals surface area contributed by atoms with E-state index in [-0.39, 0.29) is 16.1 Å². The summed E-state index contributed by atoms with van der Waals surface area (Å²) in [6.07, 6.45) is 0. The van der Waals surface area contributed by atoms with Crippen LogP contribution < -0.4 is 4.72 Å². The van der Waals surface area contributed by atoms with Crippen molar-refractivity contribution in [2.45, 2.75) is 31.1 Å². The highest BCUT2D eigenvalue weighted by Gasteiger charge is 2.21. The second-order valence-electron chi connectivity index (χ2n) is 5.45. The average molecular weight is 358 g/mol. The first-order valence-corrected chi connectivity index (χ1v) is 8.31. The van der Waals surface area contributed by atoms with Crippen LogP contribution >= 0.6 is 15.9 Å². The molecule has 108 valence electrons. The summed E-state index contributed by atoms with van der Waals surface area (Å²) in [7, 11) is -3.66. The van der Waals surface area contributed by atoms with Crippen molar-refractivity contribution in [3.63, 3.8) is 0 Å². The Bertz CT molecular complexity index is 717. The van der Waals surface area contributed by atoms with E-state index in [0.717, 1.165) is 5.69 Å². The molecule has 5 nitrogen and oxygen atoms in total. The van der Waals surface area contributed by atoms with Gasteiger partial charge in [0.15, 0.2) is 5.82 Å². The van der Waals surface area contributed by atoms with Gasteiger partial charge in [0.2, 0.25) is 0 Å². The summed E-state index contributed by atoms with van der Waals surface area (Å²) in [5.74, 6) is 0.283. The van der Waals surface area contributed by atoms with Crippen molar-refractivity contribution in [1.82, 2.24) is 10.2 Å². The summed E-state index contributed by atoms with van der Waals surface area (Å²) < 4.78 is 27.6. The number of sulfonamides is 1. The van der Waals surface area contributed by atoms with Crippen LogP contribution in [0.25, 0.3) is 0 Å². The molecule has 0 saturated heterocycles. The fourth-order valence-corrected chi connectivity index (χ4v) is 3.61. The molecule has 0 aliphatic heterocycles. The van der Waals surface area contributed by atoms with E-state index < -0.39 is 10.0 Å². The smallest absolute Gasteiger partial charge is 0.264 e. The van der Waals surface area contributed by atoms with Crippen LogP contribution in [0.3, 0.4) is 0 Å². The number of benzene rings is 1. The molecular weight excluding hydrogens is 342 g/mol. The van der Waals surface area contributed by atoms with Gasteiger partial charge in [0.1, 0.15) is 4.90 Å². The Hall–Kier alpha value is -1.34. The van der Waals surface area contributed by atoms with Gasteiger partial charge in [-0.1, -0.05) is 32.9 Å². The maximum Gasteiger partial charge on any atom is 0.264 e. The SMILES string of the molecule is CC(C)(C)c1cc(NS(=O)(=O)c2ccccc2Br)n[nH]1. The van der Waals surface area contributed by atoms with Gasteiger partial charge in [-0.15, -0.1) is 0 Å². The minimum Gasteiger partial charge on any atom is -0.280 e. The molecule has 2 rings (SSSR count). The monoisotopic (exact) mass is 357 g/mol. The van der Waals surface area contributed by atoms with Crippen LogP contribution in [-0.2, 0) is 15.4 Å².